The number of likely N-dealkylation sites (tertiary alicyclic amines) is 1. The van der Waals surface area contributed by atoms with E-state index >= 15 is 0 Å². The number of hydrogen-bond acceptors (Lipinski definition) is 7. The first kappa shape index (κ1) is 25.2. The number of aliphatic hydroxyl groups is 1. The number of aliphatic hydroxyl groups excluding tert-OH is 1. The Labute approximate surface area is 210 Å². The minimum absolute atomic E-state index is 0.0150. The third kappa shape index (κ3) is 4.30. The minimum Gasteiger partial charge on any atom is -0.505 e. The zero-order valence-corrected chi connectivity index (χ0v) is 21.5. The smallest absolute Gasteiger partial charge is 0.295 e. The van der Waals surface area contributed by atoms with Crippen LogP contribution >= 0.6 is 0 Å². The quantitative estimate of drug-likeness (QED) is 0.293. The number of carbonyl (C=O) groups is 2. The first-order valence-corrected chi connectivity index (χ1v) is 11.8. The number of imidazole rings is 1. The summed E-state index contributed by atoms with van der Waals surface area (Å²) in [6.07, 6.45) is 2.52. The van der Waals surface area contributed by atoms with E-state index in [4.69, 9.17) is 9.47 Å². The lowest BCUT2D eigenvalue weighted by Gasteiger charge is -2.26. The van der Waals surface area contributed by atoms with E-state index in [1.165, 1.54) is 12.0 Å². The summed E-state index contributed by atoms with van der Waals surface area (Å²) in [5, 5.41) is 11.5. The van der Waals surface area contributed by atoms with E-state index < -0.39 is 17.7 Å². The number of ether oxygens (including phenoxy) is 2. The monoisotopic (exact) mass is 492 g/mol. The minimum atomic E-state index is -0.794. The molecular weight excluding hydrogens is 460 g/mol. The van der Waals surface area contributed by atoms with Gasteiger partial charge in [-0.15, -0.1) is 0 Å². The summed E-state index contributed by atoms with van der Waals surface area (Å²) in [5.74, 6) is -0.673. The zero-order chi connectivity index (χ0) is 26.1. The molecule has 9 heteroatoms. The molecule has 9 nitrogen and oxygen atoms in total. The van der Waals surface area contributed by atoms with E-state index in [2.05, 4.69) is 4.98 Å². The Morgan fingerprint density at radius 1 is 1.11 bits per heavy atom. The average Bonchev–Trinajstić information content (AvgIpc) is 3.33. The first-order valence-electron chi connectivity index (χ1n) is 11.8. The van der Waals surface area contributed by atoms with Crippen LogP contribution in [0, 0.1) is 13.8 Å². The second kappa shape index (κ2) is 10.0. The normalized spacial score (nSPS) is 17.4. The molecule has 1 fully saturated rings. The van der Waals surface area contributed by atoms with Gasteiger partial charge in [0.25, 0.3) is 11.7 Å². The van der Waals surface area contributed by atoms with Crippen molar-refractivity contribution in [2.75, 3.05) is 41.4 Å². The number of ketones is 1. The van der Waals surface area contributed by atoms with Crippen LogP contribution in [0.1, 0.15) is 35.0 Å². The lowest BCUT2D eigenvalue weighted by molar-refractivity contribution is -0.139. The molecule has 1 amide bonds. The highest BCUT2D eigenvalue weighted by Crippen LogP contribution is 2.42. The summed E-state index contributed by atoms with van der Waals surface area (Å²) in [4.78, 5) is 34.8. The molecule has 190 valence electrons. The van der Waals surface area contributed by atoms with Crippen LogP contribution in [0.3, 0.4) is 0 Å². The van der Waals surface area contributed by atoms with Gasteiger partial charge in [-0.2, -0.15) is 0 Å². The molecule has 0 spiro atoms. The summed E-state index contributed by atoms with van der Waals surface area (Å²) < 4.78 is 12.7. The second-order valence-electron chi connectivity index (χ2n) is 9.19. The third-order valence-electron chi connectivity index (χ3n) is 6.58. The van der Waals surface area contributed by atoms with Crippen LogP contribution in [0.5, 0.6) is 11.5 Å². The molecule has 3 heterocycles. The Bertz CT molecular complexity index is 1360. The third-order valence-corrected chi connectivity index (χ3v) is 6.58. The fourth-order valence-corrected chi connectivity index (χ4v) is 4.71. The van der Waals surface area contributed by atoms with E-state index in [0.717, 1.165) is 12.1 Å². The van der Waals surface area contributed by atoms with Crippen LogP contribution in [0.15, 0.2) is 42.1 Å². The molecular formula is C27H32N4O5. The molecule has 1 aliphatic heterocycles. The van der Waals surface area contributed by atoms with Crippen molar-refractivity contribution in [2.45, 2.75) is 26.3 Å². The molecule has 36 heavy (non-hydrogen) atoms. The van der Waals surface area contributed by atoms with Gasteiger partial charge in [0.1, 0.15) is 11.3 Å². The standard InChI is InChI=1S/C27H32N4O5/c1-16-9-7-13-30-17(2)22(28-26(16)30)24(32)21-23(18-10-11-19(35-5)20(15-18)36-6)31(27(34)25(21)33)14-8-12-29(3)4/h7,9-11,13,15,23,32H,8,12,14H2,1-6H3/b24-21+. The number of Topliss-reactive ketones (excluding diaryl/α,β-unsaturated/α-hetero) is 1. The molecule has 0 bridgehead atoms. The van der Waals surface area contributed by atoms with Gasteiger partial charge in [-0.3, -0.25) is 9.59 Å². The van der Waals surface area contributed by atoms with Crippen molar-refractivity contribution in [3.8, 4) is 11.5 Å². The first-order chi connectivity index (χ1) is 17.2. The van der Waals surface area contributed by atoms with E-state index in [9.17, 15) is 14.7 Å². The van der Waals surface area contributed by atoms with Crippen molar-refractivity contribution in [1.82, 2.24) is 19.2 Å². The lowest BCUT2D eigenvalue weighted by Crippen LogP contribution is -2.32. The van der Waals surface area contributed by atoms with Gasteiger partial charge in [0, 0.05) is 12.7 Å². The van der Waals surface area contributed by atoms with E-state index in [1.807, 2.05) is 55.6 Å². The Balaban J connectivity index is 1.90. The van der Waals surface area contributed by atoms with Crippen LogP contribution in [0.2, 0.25) is 0 Å². The number of carbonyl (C=O) groups excluding carboxylic acids is 2. The van der Waals surface area contributed by atoms with Crippen molar-refractivity contribution in [1.29, 1.82) is 0 Å². The number of nitrogens with zero attached hydrogens (tertiary/aromatic N) is 4. The SMILES string of the molecule is COc1ccc(C2/C(=C(\O)c3nc4c(C)cccn4c3C)C(=O)C(=O)N2CCCN(C)C)cc1OC. The molecule has 3 aromatic rings. The topological polar surface area (TPSA) is 96.6 Å². The number of methoxy groups -OCH3 is 2. The maximum absolute atomic E-state index is 13.4. The van der Waals surface area contributed by atoms with Gasteiger partial charge in [0.05, 0.1) is 31.5 Å². The van der Waals surface area contributed by atoms with Crippen LogP contribution in [-0.4, -0.2) is 77.4 Å². The van der Waals surface area contributed by atoms with Gasteiger partial charge >= 0.3 is 0 Å². The molecule has 1 saturated heterocycles. The summed E-state index contributed by atoms with van der Waals surface area (Å²) in [6, 6.07) is 8.28. The fourth-order valence-electron chi connectivity index (χ4n) is 4.71. The van der Waals surface area contributed by atoms with Crippen LogP contribution in [-0.2, 0) is 9.59 Å². The highest BCUT2D eigenvalue weighted by atomic mass is 16.5. The number of pyridine rings is 1. The van der Waals surface area contributed by atoms with Crippen molar-refractivity contribution < 1.29 is 24.2 Å². The van der Waals surface area contributed by atoms with Gasteiger partial charge in [0.15, 0.2) is 17.3 Å². The number of aryl methyl sites for hydroxylation is 2. The van der Waals surface area contributed by atoms with E-state index in [1.54, 1.807) is 25.3 Å². The van der Waals surface area contributed by atoms with Crippen molar-refractivity contribution in [2.24, 2.45) is 0 Å². The maximum Gasteiger partial charge on any atom is 0.295 e. The summed E-state index contributed by atoms with van der Waals surface area (Å²) in [7, 11) is 6.97. The van der Waals surface area contributed by atoms with Gasteiger partial charge in [-0.05, 0) is 70.2 Å². The summed E-state index contributed by atoms with van der Waals surface area (Å²) in [5.41, 5.74) is 3.22. The lowest BCUT2D eigenvalue weighted by atomic mass is 9.96. The number of rotatable bonds is 8. The average molecular weight is 493 g/mol. The number of benzene rings is 1. The number of hydrogen-bond donors (Lipinski definition) is 1. The van der Waals surface area contributed by atoms with Gasteiger partial charge in [-0.25, -0.2) is 4.98 Å². The molecule has 0 saturated carbocycles. The molecule has 1 N–H and O–H groups in total. The fraction of sp³-hybridized carbons (Fsp3) is 0.370. The van der Waals surface area contributed by atoms with Crippen LogP contribution < -0.4 is 9.47 Å². The Kier molecular flexibility index (Phi) is 7.03. The maximum atomic E-state index is 13.4. The van der Waals surface area contributed by atoms with Gasteiger partial charge in [-0.1, -0.05) is 12.1 Å². The van der Waals surface area contributed by atoms with E-state index in [-0.39, 0.29) is 17.0 Å². The Morgan fingerprint density at radius 3 is 2.47 bits per heavy atom. The van der Waals surface area contributed by atoms with Crippen molar-refractivity contribution >= 4 is 23.1 Å². The second-order valence-corrected chi connectivity index (χ2v) is 9.19. The molecule has 4 rings (SSSR count). The Morgan fingerprint density at radius 2 is 1.83 bits per heavy atom. The van der Waals surface area contributed by atoms with Crippen molar-refractivity contribution in [3.05, 3.63) is 64.6 Å². The zero-order valence-electron chi connectivity index (χ0n) is 21.5. The number of aromatic nitrogens is 2. The molecule has 1 aliphatic rings. The molecule has 1 atom stereocenters. The van der Waals surface area contributed by atoms with Gasteiger partial charge < -0.3 is 28.8 Å². The number of amides is 1. The summed E-state index contributed by atoms with van der Waals surface area (Å²) >= 11 is 0. The van der Waals surface area contributed by atoms with Crippen molar-refractivity contribution in [3.63, 3.8) is 0 Å². The molecule has 0 radical (unpaired) electrons. The molecule has 1 unspecified atom stereocenters. The predicted molar refractivity (Wildman–Crippen MR) is 136 cm³/mol. The number of fused-ring (bicyclic) bond motifs is 1. The molecule has 2 aromatic heterocycles. The highest BCUT2D eigenvalue weighted by molar-refractivity contribution is 6.46. The van der Waals surface area contributed by atoms with E-state index in [0.29, 0.717) is 41.4 Å². The molecule has 0 aliphatic carbocycles. The van der Waals surface area contributed by atoms with Crippen LogP contribution in [0.4, 0.5) is 0 Å². The highest BCUT2D eigenvalue weighted by Gasteiger charge is 2.46. The Hall–Kier alpha value is -3.85. The van der Waals surface area contributed by atoms with Gasteiger partial charge in [0.2, 0.25) is 0 Å². The largest absolute Gasteiger partial charge is 0.505 e. The molecule has 1 aromatic carbocycles. The van der Waals surface area contributed by atoms with Crippen LogP contribution in [0.25, 0.3) is 11.4 Å². The summed E-state index contributed by atoms with van der Waals surface area (Å²) in [6.45, 7) is 4.85. The predicted octanol–water partition coefficient (Wildman–Crippen LogP) is 3.34.